The van der Waals surface area contributed by atoms with E-state index >= 15 is 0 Å². The first-order chi connectivity index (χ1) is 11.1. The minimum Gasteiger partial charge on any atom is -0.395 e. The number of likely N-dealkylation sites (tertiary alicyclic amines) is 1. The van der Waals surface area contributed by atoms with Crippen molar-refractivity contribution in [3.8, 4) is 0 Å². The molecule has 0 saturated carbocycles. The smallest absolute Gasteiger partial charge is 0.221 e. The zero-order chi connectivity index (χ0) is 16.8. The van der Waals surface area contributed by atoms with Crippen LogP contribution in [0.15, 0.2) is 30.3 Å². The van der Waals surface area contributed by atoms with Gasteiger partial charge in [-0.1, -0.05) is 30.3 Å². The summed E-state index contributed by atoms with van der Waals surface area (Å²) in [5.74, 6) is -0.187. The molecule has 1 aromatic carbocycles. The van der Waals surface area contributed by atoms with Crippen LogP contribution < -0.4 is 5.32 Å². The van der Waals surface area contributed by atoms with Gasteiger partial charge in [0, 0.05) is 19.5 Å². The molecule has 0 radical (unpaired) electrons. The topological polar surface area (TPSA) is 93.0 Å². The first-order valence-corrected chi connectivity index (χ1v) is 8.05. The zero-order valence-corrected chi connectivity index (χ0v) is 13.4. The highest BCUT2D eigenvalue weighted by molar-refractivity contribution is 5.76. The van der Waals surface area contributed by atoms with Crippen LogP contribution in [0.5, 0.6) is 0 Å². The second-order valence-corrected chi connectivity index (χ2v) is 6.00. The molecular formula is C17H26N2O4. The lowest BCUT2D eigenvalue weighted by Gasteiger charge is -2.29. The summed E-state index contributed by atoms with van der Waals surface area (Å²) in [6.45, 7) is 0.365. The van der Waals surface area contributed by atoms with Gasteiger partial charge in [0.05, 0.1) is 24.9 Å². The Morgan fingerprint density at radius 2 is 1.83 bits per heavy atom. The molecule has 6 heteroatoms. The van der Waals surface area contributed by atoms with E-state index in [4.69, 9.17) is 0 Å². The highest BCUT2D eigenvalue weighted by Crippen LogP contribution is 2.27. The Kier molecular flexibility index (Phi) is 6.53. The van der Waals surface area contributed by atoms with Gasteiger partial charge in [-0.15, -0.1) is 0 Å². The van der Waals surface area contributed by atoms with E-state index in [2.05, 4.69) is 17.4 Å². The third-order valence-electron chi connectivity index (χ3n) is 4.58. The van der Waals surface area contributed by atoms with Crippen molar-refractivity contribution in [2.45, 2.75) is 43.6 Å². The molecule has 1 aliphatic heterocycles. The Labute approximate surface area is 136 Å². The molecule has 0 bridgehead atoms. The molecule has 1 saturated heterocycles. The molecular weight excluding hydrogens is 296 g/mol. The fraction of sp³-hybridized carbons (Fsp3) is 0.588. The molecule has 4 N–H and O–H groups in total. The number of nitrogens with zero attached hydrogens (tertiary/aromatic N) is 1. The van der Waals surface area contributed by atoms with Gasteiger partial charge in [-0.25, -0.2) is 0 Å². The fourth-order valence-electron chi connectivity index (χ4n) is 3.28. The Morgan fingerprint density at radius 1 is 1.17 bits per heavy atom. The Morgan fingerprint density at radius 3 is 2.43 bits per heavy atom. The highest BCUT2D eigenvalue weighted by atomic mass is 16.3. The van der Waals surface area contributed by atoms with Crippen LogP contribution in [-0.4, -0.2) is 70.6 Å². The second-order valence-electron chi connectivity index (χ2n) is 6.00. The van der Waals surface area contributed by atoms with Gasteiger partial charge < -0.3 is 20.6 Å². The van der Waals surface area contributed by atoms with Crippen LogP contribution in [0.1, 0.15) is 18.4 Å². The number of amides is 1. The number of hydrogen-bond acceptors (Lipinski definition) is 5. The van der Waals surface area contributed by atoms with E-state index in [9.17, 15) is 20.1 Å². The maximum absolute atomic E-state index is 11.7. The minimum atomic E-state index is -1.04. The predicted molar refractivity (Wildman–Crippen MR) is 86.8 cm³/mol. The molecule has 1 aromatic rings. The molecule has 23 heavy (non-hydrogen) atoms. The molecule has 2 rings (SSSR count). The number of benzene rings is 1. The molecule has 1 fully saturated rings. The van der Waals surface area contributed by atoms with Gasteiger partial charge in [0.1, 0.15) is 0 Å². The number of nitrogens with one attached hydrogen (secondary N) is 1. The van der Waals surface area contributed by atoms with Crippen molar-refractivity contribution in [2.24, 2.45) is 0 Å². The standard InChI is InChI=1S/C17H26N2O4/c1-18-15(21)10-13-16(22)17(23)14(11-20)19(13)9-5-8-12-6-3-2-4-7-12/h2-4,6-7,13-14,16-17,20,22-23H,5,8-11H2,1H3,(H,18,21)/t13?,14-,16-,17-/m1/s1. The fourth-order valence-corrected chi connectivity index (χ4v) is 3.28. The van der Waals surface area contributed by atoms with E-state index < -0.39 is 24.3 Å². The van der Waals surface area contributed by atoms with Crippen molar-refractivity contribution in [1.82, 2.24) is 10.2 Å². The summed E-state index contributed by atoms with van der Waals surface area (Å²) in [4.78, 5) is 13.5. The normalized spacial score (nSPS) is 28.0. The van der Waals surface area contributed by atoms with Crippen molar-refractivity contribution in [3.63, 3.8) is 0 Å². The quantitative estimate of drug-likeness (QED) is 0.544. The van der Waals surface area contributed by atoms with Crippen LogP contribution in [0.3, 0.4) is 0 Å². The lowest BCUT2D eigenvalue weighted by atomic mass is 10.1. The molecule has 1 amide bonds. The molecule has 0 aliphatic carbocycles. The summed E-state index contributed by atoms with van der Waals surface area (Å²) < 4.78 is 0. The van der Waals surface area contributed by atoms with E-state index in [0.717, 1.165) is 12.8 Å². The molecule has 0 aromatic heterocycles. The van der Waals surface area contributed by atoms with Crippen LogP contribution >= 0.6 is 0 Å². The van der Waals surface area contributed by atoms with Crippen LogP contribution in [0.2, 0.25) is 0 Å². The third-order valence-corrected chi connectivity index (χ3v) is 4.58. The van der Waals surface area contributed by atoms with Crippen LogP contribution in [0.4, 0.5) is 0 Å². The maximum Gasteiger partial charge on any atom is 0.221 e. The number of carbonyl (C=O) groups is 1. The zero-order valence-electron chi connectivity index (χ0n) is 13.4. The van der Waals surface area contributed by atoms with Crippen LogP contribution in [-0.2, 0) is 11.2 Å². The van der Waals surface area contributed by atoms with Crippen LogP contribution in [0, 0.1) is 0 Å². The highest BCUT2D eigenvalue weighted by Gasteiger charge is 2.47. The van der Waals surface area contributed by atoms with Crippen molar-refractivity contribution in [1.29, 1.82) is 0 Å². The minimum absolute atomic E-state index is 0.108. The molecule has 6 nitrogen and oxygen atoms in total. The number of aliphatic hydroxyl groups excluding tert-OH is 3. The van der Waals surface area contributed by atoms with Gasteiger partial charge >= 0.3 is 0 Å². The van der Waals surface area contributed by atoms with Gasteiger partial charge in [-0.05, 0) is 24.9 Å². The average molecular weight is 322 g/mol. The van der Waals surface area contributed by atoms with Gasteiger partial charge in [0.15, 0.2) is 0 Å². The summed E-state index contributed by atoms with van der Waals surface area (Å²) in [6, 6.07) is 9.05. The summed E-state index contributed by atoms with van der Waals surface area (Å²) in [6.07, 6.45) is -0.262. The number of rotatable bonds is 7. The molecule has 1 aliphatic rings. The lowest BCUT2D eigenvalue weighted by Crippen LogP contribution is -2.44. The van der Waals surface area contributed by atoms with E-state index in [1.165, 1.54) is 5.56 Å². The number of hydrogen-bond donors (Lipinski definition) is 4. The maximum atomic E-state index is 11.7. The van der Waals surface area contributed by atoms with Crippen molar-refractivity contribution in [3.05, 3.63) is 35.9 Å². The molecule has 4 atom stereocenters. The molecule has 128 valence electrons. The number of aryl methyl sites for hydroxylation is 1. The lowest BCUT2D eigenvalue weighted by molar-refractivity contribution is -0.122. The first kappa shape index (κ1) is 17.9. The Hall–Kier alpha value is -1.47. The van der Waals surface area contributed by atoms with E-state index in [1.54, 1.807) is 7.05 Å². The molecule has 1 unspecified atom stereocenters. The Balaban J connectivity index is 2.00. The number of aliphatic hydroxyl groups is 3. The van der Waals surface area contributed by atoms with Crippen LogP contribution in [0.25, 0.3) is 0 Å². The first-order valence-electron chi connectivity index (χ1n) is 8.05. The molecule has 0 spiro atoms. The summed E-state index contributed by atoms with van der Waals surface area (Å²) in [5.41, 5.74) is 1.22. The van der Waals surface area contributed by atoms with E-state index in [-0.39, 0.29) is 18.9 Å². The largest absolute Gasteiger partial charge is 0.395 e. The van der Waals surface area contributed by atoms with Gasteiger partial charge in [-0.3, -0.25) is 9.69 Å². The Bertz CT molecular complexity index is 497. The SMILES string of the molecule is CNC(=O)CC1[C@@H](O)[C@H](O)[C@@H](CO)N1CCCc1ccccc1. The second kappa shape index (κ2) is 8.40. The molecule has 1 heterocycles. The van der Waals surface area contributed by atoms with E-state index in [1.807, 2.05) is 23.1 Å². The van der Waals surface area contributed by atoms with Gasteiger partial charge in [-0.2, -0.15) is 0 Å². The van der Waals surface area contributed by atoms with Gasteiger partial charge in [0.2, 0.25) is 5.91 Å². The summed E-state index contributed by atoms with van der Waals surface area (Å²) in [5, 5.41) is 32.4. The monoisotopic (exact) mass is 322 g/mol. The predicted octanol–water partition coefficient (Wildman–Crippen LogP) is -0.478. The van der Waals surface area contributed by atoms with Crippen molar-refractivity contribution in [2.75, 3.05) is 20.2 Å². The number of carbonyl (C=O) groups excluding carboxylic acids is 1. The van der Waals surface area contributed by atoms with E-state index in [0.29, 0.717) is 6.54 Å². The van der Waals surface area contributed by atoms with Gasteiger partial charge in [0.25, 0.3) is 0 Å². The summed E-state index contributed by atoms with van der Waals surface area (Å²) >= 11 is 0. The average Bonchev–Trinajstić information content (AvgIpc) is 2.80. The van der Waals surface area contributed by atoms with Crippen molar-refractivity contribution >= 4 is 5.91 Å². The third kappa shape index (κ3) is 4.29. The van der Waals surface area contributed by atoms with Crippen molar-refractivity contribution < 1.29 is 20.1 Å². The summed E-state index contributed by atoms with van der Waals surface area (Å²) in [7, 11) is 1.55.